The molecule has 2 amide bonds. The zero-order valence-corrected chi connectivity index (χ0v) is 17.7. The Kier molecular flexibility index (Phi) is 5.89. The van der Waals surface area contributed by atoms with Crippen molar-refractivity contribution in [2.75, 3.05) is 19.0 Å². The van der Waals surface area contributed by atoms with Crippen molar-refractivity contribution in [2.24, 2.45) is 0 Å². The minimum absolute atomic E-state index is 0.174. The monoisotopic (exact) mass is 434 g/mol. The highest BCUT2D eigenvalue weighted by atomic mass is 16.6. The molecule has 1 aliphatic heterocycles. The molecule has 0 aliphatic carbocycles. The Labute approximate surface area is 184 Å². The van der Waals surface area contributed by atoms with Gasteiger partial charge in [0, 0.05) is 16.7 Å². The lowest BCUT2D eigenvalue weighted by molar-refractivity contribution is 0.0747. The van der Waals surface area contributed by atoms with Crippen LogP contribution in [-0.4, -0.2) is 46.3 Å². The third kappa shape index (κ3) is 4.04. The van der Waals surface area contributed by atoms with Gasteiger partial charge >= 0.3 is 6.09 Å². The molecule has 0 fully saturated rings. The molecule has 2 aromatic carbocycles. The van der Waals surface area contributed by atoms with Gasteiger partial charge in [0.15, 0.2) is 5.82 Å². The van der Waals surface area contributed by atoms with Crippen molar-refractivity contribution in [1.29, 1.82) is 0 Å². The van der Waals surface area contributed by atoms with Gasteiger partial charge in [-0.3, -0.25) is 9.59 Å². The van der Waals surface area contributed by atoms with Crippen LogP contribution < -0.4 is 10.1 Å². The van der Waals surface area contributed by atoms with E-state index >= 15 is 0 Å². The molecular weight excluding hydrogens is 412 g/mol. The molecule has 164 valence electrons. The van der Waals surface area contributed by atoms with Crippen LogP contribution in [0.1, 0.15) is 38.9 Å². The van der Waals surface area contributed by atoms with Gasteiger partial charge in [-0.15, -0.1) is 5.10 Å². The summed E-state index contributed by atoms with van der Waals surface area (Å²) in [7, 11) is 1.54. The van der Waals surface area contributed by atoms with Crippen LogP contribution in [0, 0.1) is 0 Å². The smallest absolute Gasteiger partial charge is 0.435 e. The number of hydrogen-bond donors (Lipinski definition) is 1. The minimum atomic E-state index is -0.664. The van der Waals surface area contributed by atoms with E-state index in [9.17, 15) is 14.4 Å². The molecule has 0 saturated heterocycles. The molecule has 0 atom stereocenters. The summed E-state index contributed by atoms with van der Waals surface area (Å²) in [6, 6.07) is 15.5. The Bertz CT molecular complexity index is 1160. The fourth-order valence-electron chi connectivity index (χ4n) is 3.51. The van der Waals surface area contributed by atoms with Gasteiger partial charge in [-0.1, -0.05) is 18.2 Å². The Morgan fingerprint density at radius 3 is 2.38 bits per heavy atom. The first-order chi connectivity index (χ1) is 15.5. The molecule has 0 saturated carbocycles. The number of hydrogen-bond acceptors (Lipinski definition) is 6. The van der Waals surface area contributed by atoms with Crippen molar-refractivity contribution in [3.63, 3.8) is 0 Å². The Hall–Kier alpha value is -4.14. The molecule has 9 heteroatoms. The number of amides is 2. The van der Waals surface area contributed by atoms with Gasteiger partial charge in [0.05, 0.1) is 32.5 Å². The largest absolute Gasteiger partial charge is 0.497 e. The number of nitrogens with one attached hydrogen (secondary N) is 1. The van der Waals surface area contributed by atoms with Crippen LogP contribution >= 0.6 is 0 Å². The van der Waals surface area contributed by atoms with Gasteiger partial charge in [0.1, 0.15) is 5.75 Å². The fourth-order valence-corrected chi connectivity index (χ4v) is 3.51. The average molecular weight is 434 g/mol. The number of fused-ring (bicyclic) bond motifs is 1. The number of methoxy groups -OCH3 is 1. The van der Waals surface area contributed by atoms with Gasteiger partial charge in [-0.2, -0.15) is 4.68 Å². The van der Waals surface area contributed by atoms with E-state index in [1.54, 1.807) is 67.5 Å². The van der Waals surface area contributed by atoms with Crippen LogP contribution in [0.4, 0.5) is 10.6 Å². The second-order valence-corrected chi connectivity index (χ2v) is 7.09. The first kappa shape index (κ1) is 21.1. The molecule has 9 nitrogen and oxygen atoms in total. The molecule has 2 heterocycles. The molecule has 0 bridgehead atoms. The fraction of sp³-hybridized carbons (Fsp3) is 0.217. The van der Waals surface area contributed by atoms with Gasteiger partial charge in [0.25, 0.3) is 11.8 Å². The molecule has 1 aliphatic rings. The molecule has 4 rings (SSSR count). The van der Waals surface area contributed by atoms with E-state index in [1.807, 2.05) is 6.07 Å². The first-order valence-corrected chi connectivity index (χ1v) is 10.1. The Morgan fingerprint density at radius 1 is 1.00 bits per heavy atom. The lowest BCUT2D eigenvalue weighted by atomic mass is 10.2. The molecule has 0 unspecified atom stereocenters. The third-order valence-corrected chi connectivity index (χ3v) is 5.11. The van der Waals surface area contributed by atoms with Gasteiger partial charge in [0.2, 0.25) is 0 Å². The predicted octanol–water partition coefficient (Wildman–Crippen LogP) is 3.30. The van der Waals surface area contributed by atoms with Crippen LogP contribution in [0.3, 0.4) is 0 Å². The zero-order chi connectivity index (χ0) is 22.7. The number of nitrogens with zero attached hydrogens (tertiary/aromatic N) is 3. The van der Waals surface area contributed by atoms with E-state index < -0.39 is 12.0 Å². The summed E-state index contributed by atoms with van der Waals surface area (Å²) in [6.07, 6.45) is -0.664. The summed E-state index contributed by atoms with van der Waals surface area (Å²) in [6.45, 7) is 2.25. The standard InChI is InChI=1S/C23H22N4O5/c1-3-32-23(30)27-19-14-26(22(29)16-7-5-4-6-8-16)13-18(19)20(25-27)24-21(28)15-9-11-17(31-2)12-10-15/h4-12H,3,13-14H2,1-2H3,(H,24,25,28). The Balaban J connectivity index is 1.61. The summed E-state index contributed by atoms with van der Waals surface area (Å²) >= 11 is 0. The average Bonchev–Trinajstić information content (AvgIpc) is 3.40. The number of anilines is 1. The van der Waals surface area contributed by atoms with Gasteiger partial charge in [-0.25, -0.2) is 4.79 Å². The number of ether oxygens (including phenoxy) is 2. The molecule has 32 heavy (non-hydrogen) atoms. The van der Waals surface area contributed by atoms with Crippen LogP contribution in [0.2, 0.25) is 0 Å². The first-order valence-electron chi connectivity index (χ1n) is 10.1. The van der Waals surface area contributed by atoms with Crippen molar-refractivity contribution >= 4 is 23.7 Å². The molecule has 0 radical (unpaired) electrons. The highest BCUT2D eigenvalue weighted by Gasteiger charge is 2.34. The summed E-state index contributed by atoms with van der Waals surface area (Å²) < 4.78 is 11.3. The third-order valence-electron chi connectivity index (χ3n) is 5.11. The van der Waals surface area contributed by atoms with E-state index in [1.165, 1.54) is 0 Å². The van der Waals surface area contributed by atoms with E-state index in [0.717, 1.165) is 4.68 Å². The van der Waals surface area contributed by atoms with Crippen molar-refractivity contribution in [3.05, 3.63) is 77.0 Å². The molecule has 3 aromatic rings. The van der Waals surface area contributed by atoms with E-state index in [4.69, 9.17) is 9.47 Å². The summed E-state index contributed by atoms with van der Waals surface area (Å²) in [4.78, 5) is 39.7. The highest BCUT2D eigenvalue weighted by molar-refractivity contribution is 6.04. The Morgan fingerprint density at radius 2 is 1.72 bits per heavy atom. The minimum Gasteiger partial charge on any atom is -0.497 e. The van der Waals surface area contributed by atoms with Crippen LogP contribution in [0.5, 0.6) is 5.75 Å². The maximum atomic E-state index is 12.9. The maximum Gasteiger partial charge on any atom is 0.435 e. The van der Waals surface area contributed by atoms with Crippen LogP contribution in [0.25, 0.3) is 0 Å². The van der Waals surface area contributed by atoms with Crippen molar-refractivity contribution in [2.45, 2.75) is 20.0 Å². The van der Waals surface area contributed by atoms with E-state index in [-0.39, 0.29) is 31.4 Å². The van der Waals surface area contributed by atoms with Crippen LogP contribution in [-0.2, 0) is 17.8 Å². The number of rotatable bonds is 5. The SMILES string of the molecule is CCOC(=O)n1nc(NC(=O)c2ccc(OC)cc2)c2c1CN(C(=O)c1ccccc1)C2. The van der Waals surface area contributed by atoms with Crippen molar-refractivity contribution < 1.29 is 23.9 Å². The normalized spacial score (nSPS) is 12.2. The zero-order valence-electron chi connectivity index (χ0n) is 17.7. The quantitative estimate of drug-likeness (QED) is 0.661. The molecule has 0 spiro atoms. The topological polar surface area (TPSA) is 103 Å². The molecular formula is C23H22N4O5. The van der Waals surface area contributed by atoms with E-state index in [0.29, 0.717) is 28.1 Å². The van der Waals surface area contributed by atoms with E-state index in [2.05, 4.69) is 10.4 Å². The van der Waals surface area contributed by atoms with Crippen LogP contribution in [0.15, 0.2) is 54.6 Å². The second-order valence-electron chi connectivity index (χ2n) is 7.09. The maximum absolute atomic E-state index is 12.9. The molecule has 1 N–H and O–H groups in total. The predicted molar refractivity (Wildman–Crippen MR) is 116 cm³/mol. The van der Waals surface area contributed by atoms with Crippen molar-refractivity contribution in [1.82, 2.24) is 14.7 Å². The lowest BCUT2D eigenvalue weighted by Gasteiger charge is -2.16. The summed E-state index contributed by atoms with van der Waals surface area (Å²) in [5.74, 6) is 0.280. The number of carbonyl (C=O) groups excluding carboxylic acids is 3. The number of carbonyl (C=O) groups is 3. The highest BCUT2D eigenvalue weighted by Crippen LogP contribution is 2.31. The van der Waals surface area contributed by atoms with Crippen molar-refractivity contribution in [3.8, 4) is 5.75 Å². The summed E-state index contributed by atoms with van der Waals surface area (Å²) in [5, 5.41) is 7.02. The lowest BCUT2D eigenvalue weighted by Crippen LogP contribution is -2.27. The second kappa shape index (κ2) is 8.93. The van der Waals surface area contributed by atoms with Gasteiger partial charge in [-0.05, 0) is 43.3 Å². The summed E-state index contributed by atoms with van der Waals surface area (Å²) in [5.41, 5.74) is 2.06. The molecule has 1 aromatic heterocycles. The van der Waals surface area contributed by atoms with Gasteiger partial charge < -0.3 is 19.7 Å². The number of benzene rings is 2. The number of aromatic nitrogens is 2.